The van der Waals surface area contributed by atoms with Gasteiger partial charge in [-0.25, -0.2) is 0 Å². The number of nitro benzene ring substituents is 1. The summed E-state index contributed by atoms with van der Waals surface area (Å²) in [6.45, 7) is 0. The highest BCUT2D eigenvalue weighted by Crippen LogP contribution is 2.32. The first kappa shape index (κ1) is 11.9. The summed E-state index contributed by atoms with van der Waals surface area (Å²) in [5.74, 6) is 0.297. The molecule has 0 spiro atoms. The van der Waals surface area contributed by atoms with Crippen molar-refractivity contribution >= 4 is 23.1 Å². The molecule has 1 aromatic rings. The Hall–Kier alpha value is -1.62. The van der Waals surface area contributed by atoms with Crippen molar-refractivity contribution in [1.82, 2.24) is 0 Å². The highest BCUT2D eigenvalue weighted by Gasteiger charge is 2.26. The summed E-state index contributed by atoms with van der Waals surface area (Å²) in [7, 11) is 0. The number of hydrogen-bond acceptors (Lipinski definition) is 4. The molecule has 1 fully saturated rings. The molecule has 90 valence electrons. The van der Waals surface area contributed by atoms with Crippen LogP contribution < -0.4 is 4.74 Å². The van der Waals surface area contributed by atoms with Gasteiger partial charge in [0.25, 0.3) is 0 Å². The predicted octanol–water partition coefficient (Wildman–Crippen LogP) is 2.75. The molecular formula is C11H10ClNO4. The zero-order chi connectivity index (χ0) is 12.4. The lowest BCUT2D eigenvalue weighted by molar-refractivity contribution is -0.386. The molecule has 1 aliphatic rings. The smallest absolute Gasteiger partial charge is 0.312 e. The Bertz CT molecular complexity index is 475. The fourth-order valence-electron chi connectivity index (χ4n) is 1.79. The minimum absolute atomic E-state index is 0.131. The van der Waals surface area contributed by atoms with Crippen LogP contribution in [0, 0.1) is 10.1 Å². The van der Waals surface area contributed by atoms with E-state index in [9.17, 15) is 14.9 Å². The number of ether oxygens (including phenoxy) is 1. The molecule has 1 saturated carbocycles. The molecule has 1 aromatic carbocycles. The van der Waals surface area contributed by atoms with E-state index in [2.05, 4.69) is 0 Å². The average molecular weight is 256 g/mol. The Balaban J connectivity index is 2.20. The van der Waals surface area contributed by atoms with Crippen LogP contribution in [-0.4, -0.2) is 16.8 Å². The van der Waals surface area contributed by atoms with Gasteiger partial charge >= 0.3 is 5.69 Å². The fraction of sp³-hybridized carbons (Fsp3) is 0.364. The number of ketones is 1. The Labute approximate surface area is 102 Å². The van der Waals surface area contributed by atoms with Crippen LogP contribution >= 0.6 is 11.6 Å². The highest BCUT2D eigenvalue weighted by molar-refractivity contribution is 6.30. The Morgan fingerprint density at radius 3 is 2.82 bits per heavy atom. The van der Waals surface area contributed by atoms with Gasteiger partial charge < -0.3 is 4.74 Å². The number of carbonyl (C=O) groups is 1. The molecule has 0 N–H and O–H groups in total. The van der Waals surface area contributed by atoms with Gasteiger partial charge in [0.15, 0.2) is 5.75 Å². The number of carbonyl (C=O) groups excluding carboxylic acids is 1. The Morgan fingerprint density at radius 2 is 2.24 bits per heavy atom. The van der Waals surface area contributed by atoms with Crippen LogP contribution in [0.4, 0.5) is 5.69 Å². The predicted molar refractivity (Wildman–Crippen MR) is 61.4 cm³/mol. The molecular weight excluding hydrogens is 246 g/mol. The molecule has 2 rings (SSSR count). The molecule has 17 heavy (non-hydrogen) atoms. The second-order valence-corrected chi connectivity index (χ2v) is 4.33. The zero-order valence-electron chi connectivity index (χ0n) is 8.89. The molecule has 0 aliphatic heterocycles. The average Bonchev–Trinajstić information content (AvgIpc) is 2.66. The molecule has 0 radical (unpaired) electrons. The third-order valence-electron chi connectivity index (χ3n) is 2.61. The maximum atomic E-state index is 11.1. The van der Waals surface area contributed by atoms with Crippen molar-refractivity contribution in [2.24, 2.45) is 0 Å². The first-order chi connectivity index (χ1) is 8.06. The van der Waals surface area contributed by atoms with E-state index in [1.54, 1.807) is 0 Å². The number of rotatable bonds is 3. The van der Waals surface area contributed by atoms with E-state index in [0.717, 1.165) is 0 Å². The third-order valence-corrected chi connectivity index (χ3v) is 2.85. The van der Waals surface area contributed by atoms with E-state index in [1.165, 1.54) is 18.2 Å². The van der Waals surface area contributed by atoms with Crippen molar-refractivity contribution in [3.8, 4) is 5.75 Å². The van der Waals surface area contributed by atoms with Gasteiger partial charge in [-0.3, -0.25) is 14.9 Å². The van der Waals surface area contributed by atoms with Gasteiger partial charge in [0.05, 0.1) is 4.92 Å². The largest absolute Gasteiger partial charge is 0.483 e. The van der Waals surface area contributed by atoms with Crippen molar-refractivity contribution < 1.29 is 14.5 Å². The van der Waals surface area contributed by atoms with Crippen LogP contribution in [0.25, 0.3) is 0 Å². The van der Waals surface area contributed by atoms with Gasteiger partial charge in [-0.1, -0.05) is 11.6 Å². The van der Waals surface area contributed by atoms with Crippen LogP contribution in [0.1, 0.15) is 19.3 Å². The van der Waals surface area contributed by atoms with Crippen molar-refractivity contribution in [2.45, 2.75) is 25.4 Å². The Kier molecular flexibility index (Phi) is 3.28. The van der Waals surface area contributed by atoms with E-state index in [4.69, 9.17) is 16.3 Å². The van der Waals surface area contributed by atoms with E-state index in [1.807, 2.05) is 0 Å². The Morgan fingerprint density at radius 1 is 1.47 bits per heavy atom. The lowest BCUT2D eigenvalue weighted by atomic mass is 10.2. The maximum absolute atomic E-state index is 11.1. The van der Waals surface area contributed by atoms with Crippen LogP contribution in [0.2, 0.25) is 5.02 Å². The number of Topliss-reactive ketones (excluding diaryl/α,β-unsaturated/α-hetero) is 1. The number of nitrogens with zero attached hydrogens (tertiary/aromatic N) is 1. The fourth-order valence-corrected chi connectivity index (χ4v) is 1.96. The monoisotopic (exact) mass is 255 g/mol. The normalized spacial score (nSPS) is 19.4. The maximum Gasteiger partial charge on any atom is 0.312 e. The molecule has 0 saturated heterocycles. The summed E-state index contributed by atoms with van der Waals surface area (Å²) in [5, 5.41) is 11.1. The quantitative estimate of drug-likeness (QED) is 0.615. The molecule has 1 unspecified atom stereocenters. The summed E-state index contributed by atoms with van der Waals surface area (Å²) in [5.41, 5.74) is -0.170. The number of halogens is 1. The SMILES string of the molecule is O=C1CCC(Oc2ccc(Cl)cc2[N+](=O)[O-])C1. The summed E-state index contributed by atoms with van der Waals surface area (Å²) in [4.78, 5) is 21.4. The van der Waals surface area contributed by atoms with Crippen molar-refractivity contribution in [3.63, 3.8) is 0 Å². The number of benzene rings is 1. The van der Waals surface area contributed by atoms with E-state index >= 15 is 0 Å². The molecule has 6 heteroatoms. The molecule has 5 nitrogen and oxygen atoms in total. The topological polar surface area (TPSA) is 69.4 Å². The zero-order valence-corrected chi connectivity index (χ0v) is 9.64. The van der Waals surface area contributed by atoms with Crippen LogP contribution in [0.5, 0.6) is 5.75 Å². The van der Waals surface area contributed by atoms with E-state index in [0.29, 0.717) is 19.3 Å². The van der Waals surface area contributed by atoms with Gasteiger partial charge in [0, 0.05) is 23.9 Å². The van der Waals surface area contributed by atoms with Gasteiger partial charge in [0.1, 0.15) is 11.9 Å². The second kappa shape index (κ2) is 4.71. The van der Waals surface area contributed by atoms with Gasteiger partial charge in [-0.2, -0.15) is 0 Å². The number of hydrogen-bond donors (Lipinski definition) is 0. The lowest BCUT2D eigenvalue weighted by Gasteiger charge is -2.12. The van der Waals surface area contributed by atoms with E-state index in [-0.39, 0.29) is 28.3 Å². The van der Waals surface area contributed by atoms with Crippen LogP contribution in [0.15, 0.2) is 18.2 Å². The number of nitro groups is 1. The summed E-state index contributed by atoms with van der Waals surface area (Å²) in [6, 6.07) is 4.23. The standard InChI is InChI=1S/C11H10ClNO4/c12-7-1-4-11(10(5-7)13(15)16)17-9-3-2-8(14)6-9/h1,4-5,9H,2-3,6H2. The summed E-state index contributed by atoms with van der Waals surface area (Å²) < 4.78 is 5.47. The molecule has 0 amide bonds. The molecule has 0 aromatic heterocycles. The first-order valence-electron chi connectivity index (χ1n) is 5.18. The van der Waals surface area contributed by atoms with Gasteiger partial charge in [-0.15, -0.1) is 0 Å². The highest BCUT2D eigenvalue weighted by atomic mass is 35.5. The summed E-state index contributed by atoms with van der Waals surface area (Å²) in [6.07, 6.45) is 1.15. The van der Waals surface area contributed by atoms with Gasteiger partial charge in [-0.05, 0) is 18.6 Å². The van der Waals surface area contributed by atoms with Crippen molar-refractivity contribution in [2.75, 3.05) is 0 Å². The molecule has 0 heterocycles. The van der Waals surface area contributed by atoms with Crippen LogP contribution in [-0.2, 0) is 4.79 Å². The molecule has 1 atom stereocenters. The molecule has 1 aliphatic carbocycles. The first-order valence-corrected chi connectivity index (χ1v) is 5.56. The minimum atomic E-state index is -0.544. The summed E-state index contributed by atoms with van der Waals surface area (Å²) >= 11 is 5.69. The van der Waals surface area contributed by atoms with Gasteiger partial charge in [0.2, 0.25) is 0 Å². The minimum Gasteiger partial charge on any atom is -0.483 e. The second-order valence-electron chi connectivity index (χ2n) is 3.89. The molecule has 0 bridgehead atoms. The third kappa shape index (κ3) is 2.74. The van der Waals surface area contributed by atoms with Crippen LogP contribution in [0.3, 0.4) is 0 Å². The van der Waals surface area contributed by atoms with Crippen molar-refractivity contribution in [3.05, 3.63) is 33.3 Å². The lowest BCUT2D eigenvalue weighted by Crippen LogP contribution is -2.13. The van der Waals surface area contributed by atoms with E-state index < -0.39 is 4.92 Å². The van der Waals surface area contributed by atoms with Crippen molar-refractivity contribution in [1.29, 1.82) is 0 Å².